The normalized spacial score (nSPS) is 10.9. The second kappa shape index (κ2) is 9.43. The van der Waals surface area contributed by atoms with E-state index in [-0.39, 0.29) is 11.7 Å². The van der Waals surface area contributed by atoms with E-state index in [1.165, 1.54) is 18.0 Å². The Morgan fingerprint density at radius 1 is 1.37 bits per heavy atom. The zero-order chi connectivity index (χ0) is 18.9. The molecule has 0 spiro atoms. The van der Waals surface area contributed by atoms with Crippen molar-refractivity contribution < 1.29 is 13.9 Å². The van der Waals surface area contributed by atoms with Gasteiger partial charge in [-0.1, -0.05) is 30.0 Å². The van der Waals surface area contributed by atoms with Crippen LogP contribution in [0.2, 0.25) is 0 Å². The van der Waals surface area contributed by atoms with Gasteiger partial charge in [-0.25, -0.2) is 10.5 Å². The molecule has 0 aliphatic heterocycles. The second-order valence-corrected chi connectivity index (χ2v) is 6.17. The highest BCUT2D eigenvalue weighted by Gasteiger charge is 2.08. The highest BCUT2D eigenvalue weighted by atomic mass is 32.2. The number of amides is 1. The standard InChI is InChI=1S/C17H18N6O3S/c1-25-14-7-3-2-5-12(14)9-18-15(24)11-27-17-20-16(22-23-17)21-19-10-13-6-4-8-26-13/h2-8,10H,9,11H2,1H3,(H,18,24)(H2,20,21,22,23)/b19-10-. The van der Waals surface area contributed by atoms with Gasteiger partial charge in [-0.3, -0.25) is 4.79 Å². The Morgan fingerprint density at radius 2 is 2.26 bits per heavy atom. The average molecular weight is 386 g/mol. The van der Waals surface area contributed by atoms with Gasteiger partial charge in [-0.05, 0) is 18.2 Å². The van der Waals surface area contributed by atoms with Gasteiger partial charge in [0.05, 0.1) is 25.3 Å². The van der Waals surface area contributed by atoms with Gasteiger partial charge in [0.1, 0.15) is 11.5 Å². The third-order valence-electron chi connectivity index (χ3n) is 3.37. The Labute approximate surface area is 159 Å². The third-order valence-corrected chi connectivity index (χ3v) is 4.22. The number of carbonyl (C=O) groups excluding carboxylic acids is 1. The number of H-pyrrole nitrogens is 1. The summed E-state index contributed by atoms with van der Waals surface area (Å²) in [5, 5.41) is 14.0. The molecule has 0 saturated carbocycles. The fourth-order valence-electron chi connectivity index (χ4n) is 2.11. The molecule has 0 atom stereocenters. The van der Waals surface area contributed by atoms with Crippen LogP contribution in [0.5, 0.6) is 5.75 Å². The number of methoxy groups -OCH3 is 1. The Hall–Kier alpha value is -3.27. The van der Waals surface area contributed by atoms with E-state index in [1.807, 2.05) is 24.3 Å². The van der Waals surface area contributed by atoms with Crippen molar-refractivity contribution in [2.45, 2.75) is 11.7 Å². The van der Waals surface area contributed by atoms with Crippen molar-refractivity contribution in [3.8, 4) is 5.75 Å². The maximum Gasteiger partial charge on any atom is 0.240 e. The monoisotopic (exact) mass is 386 g/mol. The number of aromatic nitrogens is 3. The molecular formula is C17H18N6O3S. The molecule has 3 N–H and O–H groups in total. The topological polar surface area (TPSA) is 117 Å². The quantitative estimate of drug-likeness (QED) is 0.293. The third kappa shape index (κ3) is 5.61. The van der Waals surface area contributed by atoms with E-state index in [9.17, 15) is 4.79 Å². The number of ether oxygens (including phenoxy) is 1. The number of hydrogen-bond donors (Lipinski definition) is 3. The van der Waals surface area contributed by atoms with Crippen molar-refractivity contribution in [1.82, 2.24) is 20.5 Å². The number of aromatic amines is 1. The van der Waals surface area contributed by atoms with Crippen LogP contribution in [-0.4, -0.2) is 40.2 Å². The molecular weight excluding hydrogens is 368 g/mol. The second-order valence-electron chi connectivity index (χ2n) is 5.23. The number of anilines is 1. The first-order valence-electron chi connectivity index (χ1n) is 8.01. The van der Waals surface area contributed by atoms with Gasteiger partial charge in [-0.15, -0.1) is 5.10 Å². The number of nitrogens with zero attached hydrogens (tertiary/aromatic N) is 3. The smallest absolute Gasteiger partial charge is 0.240 e. The Bertz CT molecular complexity index is 894. The van der Waals surface area contributed by atoms with Gasteiger partial charge >= 0.3 is 0 Å². The molecule has 9 nitrogen and oxygen atoms in total. The van der Waals surface area contributed by atoms with Gasteiger partial charge in [0.25, 0.3) is 0 Å². The molecule has 27 heavy (non-hydrogen) atoms. The maximum absolute atomic E-state index is 12.0. The van der Waals surface area contributed by atoms with Gasteiger partial charge < -0.3 is 14.5 Å². The summed E-state index contributed by atoms with van der Waals surface area (Å²) >= 11 is 1.22. The van der Waals surface area contributed by atoms with E-state index in [0.717, 1.165) is 11.3 Å². The number of para-hydroxylation sites is 1. The molecule has 0 unspecified atom stereocenters. The van der Waals surface area contributed by atoms with Crippen LogP contribution in [0.25, 0.3) is 0 Å². The number of hydrazone groups is 1. The predicted molar refractivity (Wildman–Crippen MR) is 102 cm³/mol. The lowest BCUT2D eigenvalue weighted by Gasteiger charge is -2.08. The summed E-state index contributed by atoms with van der Waals surface area (Å²) in [7, 11) is 1.60. The Kier molecular flexibility index (Phi) is 6.47. The largest absolute Gasteiger partial charge is 0.496 e. The summed E-state index contributed by atoms with van der Waals surface area (Å²) < 4.78 is 10.4. The van der Waals surface area contributed by atoms with E-state index in [0.29, 0.717) is 23.4 Å². The van der Waals surface area contributed by atoms with E-state index < -0.39 is 0 Å². The van der Waals surface area contributed by atoms with Crippen LogP contribution in [0.4, 0.5) is 5.95 Å². The van der Waals surface area contributed by atoms with E-state index in [4.69, 9.17) is 9.15 Å². The summed E-state index contributed by atoms with van der Waals surface area (Å²) in [4.78, 5) is 16.2. The van der Waals surface area contributed by atoms with Crippen LogP contribution < -0.4 is 15.5 Å². The van der Waals surface area contributed by atoms with Crippen LogP contribution in [0.3, 0.4) is 0 Å². The molecule has 0 fully saturated rings. The van der Waals surface area contributed by atoms with Crippen molar-refractivity contribution in [1.29, 1.82) is 0 Å². The number of thioether (sulfide) groups is 1. The van der Waals surface area contributed by atoms with Crippen molar-refractivity contribution in [2.24, 2.45) is 5.10 Å². The van der Waals surface area contributed by atoms with E-state index in [2.05, 4.69) is 31.0 Å². The number of benzene rings is 1. The highest BCUT2D eigenvalue weighted by Crippen LogP contribution is 2.17. The van der Waals surface area contributed by atoms with Crippen LogP contribution >= 0.6 is 11.8 Å². The average Bonchev–Trinajstić information content (AvgIpc) is 3.37. The first-order chi connectivity index (χ1) is 13.2. The fraction of sp³-hybridized carbons (Fsp3) is 0.176. The van der Waals surface area contributed by atoms with Crippen molar-refractivity contribution in [3.05, 3.63) is 54.0 Å². The van der Waals surface area contributed by atoms with Gasteiger partial charge in [0.15, 0.2) is 0 Å². The number of carbonyl (C=O) groups is 1. The fourth-order valence-corrected chi connectivity index (χ4v) is 2.73. The zero-order valence-electron chi connectivity index (χ0n) is 14.5. The number of rotatable bonds is 9. The summed E-state index contributed by atoms with van der Waals surface area (Å²) in [6, 6.07) is 11.1. The van der Waals surface area contributed by atoms with Gasteiger partial charge in [0, 0.05) is 12.1 Å². The minimum absolute atomic E-state index is 0.124. The van der Waals surface area contributed by atoms with Crippen LogP contribution in [0.1, 0.15) is 11.3 Å². The lowest BCUT2D eigenvalue weighted by molar-refractivity contribution is -0.118. The summed E-state index contributed by atoms with van der Waals surface area (Å²) in [6.07, 6.45) is 3.07. The number of hydrogen-bond acceptors (Lipinski definition) is 8. The minimum atomic E-state index is -0.124. The predicted octanol–water partition coefficient (Wildman–Crippen LogP) is 2.26. The van der Waals surface area contributed by atoms with Crippen molar-refractivity contribution >= 4 is 29.8 Å². The summed E-state index contributed by atoms with van der Waals surface area (Å²) in [6.45, 7) is 0.395. The lowest BCUT2D eigenvalue weighted by Crippen LogP contribution is -2.24. The molecule has 1 aromatic carbocycles. The van der Waals surface area contributed by atoms with E-state index >= 15 is 0 Å². The molecule has 0 bridgehead atoms. The molecule has 3 aromatic rings. The SMILES string of the molecule is COc1ccccc1CNC(=O)CSc1n[nH]c(N/N=C\c2ccco2)n1. The molecule has 2 heterocycles. The molecule has 1 amide bonds. The Balaban J connectivity index is 1.42. The molecule has 3 rings (SSSR count). The van der Waals surface area contributed by atoms with E-state index in [1.54, 1.807) is 25.5 Å². The molecule has 0 radical (unpaired) electrons. The first kappa shape index (κ1) is 18.5. The van der Waals surface area contributed by atoms with Crippen LogP contribution in [0.15, 0.2) is 57.3 Å². The molecule has 10 heteroatoms. The van der Waals surface area contributed by atoms with Crippen molar-refractivity contribution in [2.75, 3.05) is 18.3 Å². The molecule has 140 valence electrons. The van der Waals surface area contributed by atoms with Gasteiger partial charge in [-0.2, -0.15) is 10.1 Å². The van der Waals surface area contributed by atoms with Gasteiger partial charge in [0.2, 0.25) is 17.0 Å². The van der Waals surface area contributed by atoms with Crippen LogP contribution in [0, 0.1) is 0 Å². The number of nitrogens with one attached hydrogen (secondary N) is 3. The van der Waals surface area contributed by atoms with Crippen molar-refractivity contribution in [3.63, 3.8) is 0 Å². The number of furan rings is 1. The maximum atomic E-state index is 12.0. The molecule has 0 saturated heterocycles. The lowest BCUT2D eigenvalue weighted by atomic mass is 10.2. The molecule has 2 aromatic heterocycles. The zero-order valence-corrected chi connectivity index (χ0v) is 15.3. The summed E-state index contributed by atoms with van der Waals surface area (Å²) in [5.41, 5.74) is 3.62. The van der Waals surface area contributed by atoms with Crippen LogP contribution in [-0.2, 0) is 11.3 Å². The highest BCUT2D eigenvalue weighted by molar-refractivity contribution is 7.99. The first-order valence-corrected chi connectivity index (χ1v) is 8.99. The Morgan fingerprint density at radius 3 is 3.07 bits per heavy atom. The molecule has 0 aliphatic rings. The minimum Gasteiger partial charge on any atom is -0.496 e. The molecule has 0 aliphatic carbocycles. The summed E-state index contributed by atoms with van der Waals surface area (Å²) in [5.74, 6) is 1.80.